The number of rotatable bonds is 4. The summed E-state index contributed by atoms with van der Waals surface area (Å²) < 4.78 is 13.3. The van der Waals surface area contributed by atoms with Gasteiger partial charge in [0.15, 0.2) is 0 Å². The van der Waals surface area contributed by atoms with Gasteiger partial charge < -0.3 is 19.8 Å². The third-order valence-electron chi connectivity index (χ3n) is 3.44. The van der Waals surface area contributed by atoms with E-state index in [0.29, 0.717) is 19.2 Å². The number of fused-ring (bicyclic) bond motifs is 1. The predicted octanol–water partition coefficient (Wildman–Crippen LogP) is 2.37. The number of hydrogen-bond acceptors (Lipinski definition) is 4. The Morgan fingerprint density at radius 2 is 2.42 bits per heavy atom. The Kier molecular flexibility index (Phi) is 3.29. The highest BCUT2D eigenvalue weighted by atomic mass is 16.5. The number of nitrogens with zero attached hydrogens (tertiary/aromatic N) is 2. The van der Waals surface area contributed by atoms with E-state index in [2.05, 4.69) is 16.5 Å². The molecule has 1 aromatic carbocycles. The molecule has 5 heteroatoms. The van der Waals surface area contributed by atoms with Crippen molar-refractivity contribution in [2.24, 2.45) is 0 Å². The van der Waals surface area contributed by atoms with Crippen LogP contribution in [0.1, 0.15) is 25.8 Å². The largest absolute Gasteiger partial charge is 0.491 e. The van der Waals surface area contributed by atoms with Gasteiger partial charge in [-0.25, -0.2) is 4.98 Å². The molecule has 2 N–H and O–H groups in total. The molecule has 0 saturated carbocycles. The van der Waals surface area contributed by atoms with E-state index in [4.69, 9.17) is 15.2 Å². The van der Waals surface area contributed by atoms with E-state index in [1.807, 2.05) is 18.2 Å². The number of aromatic nitrogens is 2. The van der Waals surface area contributed by atoms with E-state index in [0.717, 1.165) is 36.2 Å². The number of anilines is 1. The van der Waals surface area contributed by atoms with Gasteiger partial charge in [-0.2, -0.15) is 0 Å². The monoisotopic (exact) mass is 261 g/mol. The van der Waals surface area contributed by atoms with Gasteiger partial charge in [0.1, 0.15) is 11.3 Å². The Hall–Kier alpha value is -1.75. The van der Waals surface area contributed by atoms with Crippen LogP contribution in [0.4, 0.5) is 5.95 Å². The van der Waals surface area contributed by atoms with Crippen LogP contribution in [0.5, 0.6) is 5.75 Å². The Labute approximate surface area is 112 Å². The van der Waals surface area contributed by atoms with Gasteiger partial charge >= 0.3 is 0 Å². The minimum absolute atomic E-state index is 0.284. The zero-order chi connectivity index (χ0) is 13.2. The standard InChI is InChI=1S/C14H19N3O2/c1-2-7-19-12-5-3-4-11-13(12)16-14(15)17(11)10-6-8-18-9-10/h3-5,10H,2,6-9H2,1H3,(H2,15,16). The summed E-state index contributed by atoms with van der Waals surface area (Å²) in [7, 11) is 0. The Morgan fingerprint density at radius 1 is 1.53 bits per heavy atom. The molecule has 102 valence electrons. The summed E-state index contributed by atoms with van der Waals surface area (Å²) in [6.07, 6.45) is 1.96. The normalized spacial score (nSPS) is 19.1. The summed E-state index contributed by atoms with van der Waals surface area (Å²) in [5, 5.41) is 0. The average Bonchev–Trinajstić information content (AvgIpc) is 3.02. The van der Waals surface area contributed by atoms with E-state index in [1.165, 1.54) is 0 Å². The number of hydrogen-bond donors (Lipinski definition) is 1. The molecule has 1 aliphatic rings. The van der Waals surface area contributed by atoms with Crippen molar-refractivity contribution < 1.29 is 9.47 Å². The van der Waals surface area contributed by atoms with E-state index in [9.17, 15) is 0 Å². The van der Waals surface area contributed by atoms with Gasteiger partial charge in [-0.1, -0.05) is 13.0 Å². The van der Waals surface area contributed by atoms with Crippen molar-refractivity contribution in [1.29, 1.82) is 0 Å². The van der Waals surface area contributed by atoms with Gasteiger partial charge in [0.2, 0.25) is 5.95 Å². The first-order valence-corrected chi connectivity index (χ1v) is 6.78. The molecule has 19 heavy (non-hydrogen) atoms. The summed E-state index contributed by atoms with van der Waals surface area (Å²) in [6.45, 7) is 4.27. The first kappa shape index (κ1) is 12.3. The molecule has 0 bridgehead atoms. The first-order chi connectivity index (χ1) is 9.31. The molecule has 3 rings (SSSR count). The van der Waals surface area contributed by atoms with Crippen LogP contribution in [0.3, 0.4) is 0 Å². The van der Waals surface area contributed by atoms with Gasteiger partial charge in [0.25, 0.3) is 0 Å². The Bertz CT molecular complexity index is 573. The molecular formula is C14H19N3O2. The summed E-state index contributed by atoms with van der Waals surface area (Å²) in [4.78, 5) is 4.47. The van der Waals surface area contributed by atoms with Crippen LogP contribution in [-0.2, 0) is 4.74 Å². The van der Waals surface area contributed by atoms with Crippen LogP contribution in [0.15, 0.2) is 18.2 Å². The first-order valence-electron chi connectivity index (χ1n) is 6.78. The number of nitrogen functional groups attached to an aromatic ring is 1. The Morgan fingerprint density at radius 3 is 3.16 bits per heavy atom. The smallest absolute Gasteiger partial charge is 0.201 e. The molecule has 2 heterocycles. The number of benzene rings is 1. The lowest BCUT2D eigenvalue weighted by Gasteiger charge is -2.13. The lowest BCUT2D eigenvalue weighted by atomic mass is 10.2. The molecule has 1 unspecified atom stereocenters. The summed E-state index contributed by atoms with van der Waals surface area (Å²) in [5.74, 6) is 1.35. The fourth-order valence-corrected chi connectivity index (χ4v) is 2.55. The fraction of sp³-hybridized carbons (Fsp3) is 0.500. The molecule has 2 aromatic rings. The number of imidazole rings is 1. The summed E-state index contributed by atoms with van der Waals surface area (Å²) in [6, 6.07) is 6.25. The predicted molar refractivity (Wildman–Crippen MR) is 74.4 cm³/mol. The van der Waals surface area contributed by atoms with E-state index in [-0.39, 0.29) is 6.04 Å². The molecule has 5 nitrogen and oxygen atoms in total. The topological polar surface area (TPSA) is 62.3 Å². The quantitative estimate of drug-likeness (QED) is 0.917. The van der Waals surface area contributed by atoms with Crippen molar-refractivity contribution in [2.45, 2.75) is 25.8 Å². The van der Waals surface area contributed by atoms with Crippen molar-refractivity contribution >= 4 is 17.0 Å². The second kappa shape index (κ2) is 5.09. The van der Waals surface area contributed by atoms with Crippen molar-refractivity contribution in [3.8, 4) is 5.75 Å². The molecule has 1 aliphatic heterocycles. The maximum atomic E-state index is 6.07. The van der Waals surface area contributed by atoms with Crippen molar-refractivity contribution in [3.05, 3.63) is 18.2 Å². The van der Waals surface area contributed by atoms with E-state index < -0.39 is 0 Å². The van der Waals surface area contributed by atoms with Crippen molar-refractivity contribution in [1.82, 2.24) is 9.55 Å². The van der Waals surface area contributed by atoms with Gasteiger partial charge in [-0.15, -0.1) is 0 Å². The lowest BCUT2D eigenvalue weighted by Crippen LogP contribution is -2.11. The van der Waals surface area contributed by atoms with E-state index in [1.54, 1.807) is 0 Å². The second-order valence-corrected chi connectivity index (χ2v) is 4.83. The van der Waals surface area contributed by atoms with Crippen LogP contribution in [0.25, 0.3) is 11.0 Å². The van der Waals surface area contributed by atoms with Crippen molar-refractivity contribution in [2.75, 3.05) is 25.6 Å². The maximum absolute atomic E-state index is 6.07. The fourth-order valence-electron chi connectivity index (χ4n) is 2.55. The van der Waals surface area contributed by atoms with Crippen LogP contribution in [0, 0.1) is 0 Å². The molecule has 0 radical (unpaired) electrons. The summed E-state index contributed by atoms with van der Waals surface area (Å²) >= 11 is 0. The van der Waals surface area contributed by atoms with Gasteiger partial charge in [0, 0.05) is 6.61 Å². The van der Waals surface area contributed by atoms with Crippen LogP contribution in [-0.4, -0.2) is 29.4 Å². The lowest BCUT2D eigenvalue weighted by molar-refractivity contribution is 0.187. The van der Waals surface area contributed by atoms with Crippen LogP contribution < -0.4 is 10.5 Å². The van der Waals surface area contributed by atoms with Gasteiger partial charge in [-0.05, 0) is 25.0 Å². The average molecular weight is 261 g/mol. The highest BCUT2D eigenvalue weighted by molar-refractivity contribution is 5.84. The highest BCUT2D eigenvalue weighted by Gasteiger charge is 2.23. The molecule has 1 saturated heterocycles. The van der Waals surface area contributed by atoms with Crippen LogP contribution in [0.2, 0.25) is 0 Å². The molecular weight excluding hydrogens is 242 g/mol. The molecule has 1 atom stereocenters. The third kappa shape index (κ3) is 2.14. The van der Waals surface area contributed by atoms with E-state index >= 15 is 0 Å². The molecule has 0 aliphatic carbocycles. The zero-order valence-electron chi connectivity index (χ0n) is 11.1. The molecule has 1 aromatic heterocycles. The second-order valence-electron chi connectivity index (χ2n) is 4.83. The van der Waals surface area contributed by atoms with Crippen LogP contribution >= 0.6 is 0 Å². The van der Waals surface area contributed by atoms with Gasteiger partial charge in [0.05, 0.1) is 24.8 Å². The number of para-hydroxylation sites is 1. The Balaban J connectivity index is 2.05. The maximum Gasteiger partial charge on any atom is 0.201 e. The summed E-state index contributed by atoms with van der Waals surface area (Å²) in [5.41, 5.74) is 7.95. The SMILES string of the molecule is CCCOc1cccc2c1nc(N)n2C1CCOC1. The third-order valence-corrected chi connectivity index (χ3v) is 3.44. The highest BCUT2D eigenvalue weighted by Crippen LogP contribution is 2.32. The number of nitrogens with two attached hydrogens (primary N) is 1. The molecule has 1 fully saturated rings. The van der Waals surface area contributed by atoms with Crippen molar-refractivity contribution in [3.63, 3.8) is 0 Å². The molecule has 0 amide bonds. The minimum Gasteiger partial charge on any atom is -0.491 e. The minimum atomic E-state index is 0.284. The van der Waals surface area contributed by atoms with Gasteiger partial charge in [-0.3, -0.25) is 0 Å². The zero-order valence-corrected chi connectivity index (χ0v) is 11.1. The number of ether oxygens (including phenoxy) is 2. The molecule has 0 spiro atoms.